The number of hydrogen-bond acceptors (Lipinski definition) is 4. The van der Waals surface area contributed by atoms with Crippen molar-refractivity contribution in [3.8, 4) is 0 Å². The molecule has 20 heavy (non-hydrogen) atoms. The molecule has 0 radical (unpaired) electrons. The molecule has 2 rings (SSSR count). The first kappa shape index (κ1) is 14.5. The highest BCUT2D eigenvalue weighted by Gasteiger charge is 2.10. The van der Waals surface area contributed by atoms with Crippen LogP contribution in [0.25, 0.3) is 11.1 Å². The van der Waals surface area contributed by atoms with Gasteiger partial charge >= 0.3 is 0 Å². The summed E-state index contributed by atoms with van der Waals surface area (Å²) in [6.45, 7) is 6.88. The Kier molecular flexibility index (Phi) is 4.74. The van der Waals surface area contributed by atoms with Crippen molar-refractivity contribution in [2.45, 2.75) is 39.7 Å². The number of oxazole rings is 1. The number of rotatable bonds is 6. The first-order valence-corrected chi connectivity index (χ1v) is 7.05. The van der Waals surface area contributed by atoms with Crippen molar-refractivity contribution in [1.82, 2.24) is 10.3 Å². The molecule has 2 aromatic rings. The van der Waals surface area contributed by atoms with E-state index in [4.69, 9.17) is 4.42 Å². The van der Waals surface area contributed by atoms with Gasteiger partial charge in [-0.3, -0.25) is 4.79 Å². The van der Waals surface area contributed by atoms with Crippen molar-refractivity contribution in [1.29, 1.82) is 0 Å². The minimum Gasteiger partial charge on any atom is -0.441 e. The van der Waals surface area contributed by atoms with Gasteiger partial charge < -0.3 is 15.1 Å². The molecule has 0 aliphatic rings. The number of fused-ring (bicyclic) bond motifs is 1. The second-order valence-electron chi connectivity index (χ2n) is 4.85. The van der Waals surface area contributed by atoms with Gasteiger partial charge in [0.15, 0.2) is 11.5 Å². The van der Waals surface area contributed by atoms with Crippen LogP contribution in [0.5, 0.6) is 0 Å². The van der Waals surface area contributed by atoms with Gasteiger partial charge in [0.1, 0.15) is 5.52 Å². The van der Waals surface area contributed by atoms with E-state index < -0.39 is 0 Å². The van der Waals surface area contributed by atoms with Gasteiger partial charge in [-0.25, -0.2) is 4.98 Å². The summed E-state index contributed by atoms with van der Waals surface area (Å²) in [5, 5.41) is 6.10. The topological polar surface area (TPSA) is 67.2 Å². The summed E-state index contributed by atoms with van der Waals surface area (Å²) in [7, 11) is 0. The molecule has 0 saturated carbocycles. The molecule has 1 amide bonds. The van der Waals surface area contributed by atoms with Crippen molar-refractivity contribution < 1.29 is 9.21 Å². The fraction of sp³-hybridized carbons (Fsp3) is 0.467. The minimum absolute atomic E-state index is 0.00277. The van der Waals surface area contributed by atoms with Gasteiger partial charge in [0.25, 0.3) is 0 Å². The fourth-order valence-corrected chi connectivity index (χ4v) is 2.11. The Hall–Kier alpha value is -1.88. The highest BCUT2D eigenvalue weighted by Crippen LogP contribution is 2.20. The van der Waals surface area contributed by atoms with E-state index in [-0.39, 0.29) is 11.9 Å². The summed E-state index contributed by atoms with van der Waals surface area (Å²) in [6.07, 6.45) is 1.21. The molecule has 0 fully saturated rings. The largest absolute Gasteiger partial charge is 0.441 e. The number of aryl methyl sites for hydroxylation is 1. The van der Waals surface area contributed by atoms with E-state index in [1.165, 1.54) is 0 Å². The van der Waals surface area contributed by atoms with Crippen LogP contribution in [0.3, 0.4) is 0 Å². The zero-order chi connectivity index (χ0) is 14.5. The molecule has 0 aliphatic heterocycles. The van der Waals surface area contributed by atoms with Gasteiger partial charge in [0.05, 0.1) is 0 Å². The molecule has 1 atom stereocenters. The van der Waals surface area contributed by atoms with Gasteiger partial charge in [0, 0.05) is 24.6 Å². The highest BCUT2D eigenvalue weighted by atomic mass is 16.3. The van der Waals surface area contributed by atoms with Crippen LogP contribution in [-0.2, 0) is 11.2 Å². The number of hydrogen-bond donors (Lipinski definition) is 2. The van der Waals surface area contributed by atoms with Gasteiger partial charge in [-0.1, -0.05) is 13.8 Å². The predicted molar refractivity (Wildman–Crippen MR) is 79.8 cm³/mol. The maximum absolute atomic E-state index is 11.9. The minimum atomic E-state index is -0.00277. The van der Waals surface area contributed by atoms with Crippen LogP contribution in [0.15, 0.2) is 22.6 Å². The van der Waals surface area contributed by atoms with Crippen molar-refractivity contribution in [2.24, 2.45) is 0 Å². The Morgan fingerprint density at radius 1 is 1.40 bits per heavy atom. The Bertz CT molecular complexity index is 592. The molecule has 0 saturated heterocycles. The SMILES string of the molecule is CCNC(C)CC(=O)Nc1ccc2oc(CC)nc2c1. The maximum atomic E-state index is 11.9. The molecular formula is C15H21N3O2. The summed E-state index contributed by atoms with van der Waals surface area (Å²) in [4.78, 5) is 16.3. The first-order chi connectivity index (χ1) is 9.62. The first-order valence-electron chi connectivity index (χ1n) is 7.05. The number of carbonyl (C=O) groups is 1. The summed E-state index contributed by atoms with van der Waals surface area (Å²) in [5.74, 6) is 0.709. The highest BCUT2D eigenvalue weighted by molar-refractivity contribution is 5.93. The molecule has 2 N–H and O–H groups in total. The molecule has 1 aromatic heterocycles. The van der Waals surface area contributed by atoms with Crippen molar-refractivity contribution >= 4 is 22.7 Å². The summed E-state index contributed by atoms with van der Waals surface area (Å²) in [6, 6.07) is 5.68. The molecule has 1 heterocycles. The number of nitrogens with zero attached hydrogens (tertiary/aromatic N) is 1. The molecule has 0 bridgehead atoms. The molecule has 0 aliphatic carbocycles. The molecule has 1 unspecified atom stereocenters. The monoisotopic (exact) mass is 275 g/mol. The van der Waals surface area contributed by atoms with Crippen LogP contribution in [0.1, 0.15) is 33.1 Å². The molecule has 5 heteroatoms. The van der Waals surface area contributed by atoms with Crippen LogP contribution < -0.4 is 10.6 Å². The van der Waals surface area contributed by atoms with Gasteiger partial charge in [-0.2, -0.15) is 0 Å². The fourth-order valence-electron chi connectivity index (χ4n) is 2.11. The van der Waals surface area contributed by atoms with E-state index in [2.05, 4.69) is 15.6 Å². The lowest BCUT2D eigenvalue weighted by Gasteiger charge is -2.11. The summed E-state index contributed by atoms with van der Waals surface area (Å²) < 4.78 is 5.54. The van der Waals surface area contributed by atoms with Crippen LogP contribution in [0.4, 0.5) is 5.69 Å². The number of carbonyl (C=O) groups excluding carboxylic acids is 1. The van der Waals surface area contributed by atoms with Gasteiger partial charge in [-0.05, 0) is 31.7 Å². The zero-order valence-corrected chi connectivity index (χ0v) is 12.2. The lowest BCUT2D eigenvalue weighted by Crippen LogP contribution is -2.30. The molecule has 0 spiro atoms. The standard InChI is InChI=1S/C15H21N3O2/c1-4-15-18-12-9-11(6-7-13(12)20-15)17-14(19)8-10(3)16-5-2/h6-7,9-10,16H,4-5,8H2,1-3H3,(H,17,19). The van der Waals surface area contributed by atoms with Crippen LogP contribution >= 0.6 is 0 Å². The van der Waals surface area contributed by atoms with Crippen LogP contribution in [0, 0.1) is 0 Å². The summed E-state index contributed by atoms with van der Waals surface area (Å²) >= 11 is 0. The Labute approximate surface area is 118 Å². The lowest BCUT2D eigenvalue weighted by atomic mass is 10.2. The van der Waals surface area contributed by atoms with Crippen molar-refractivity contribution in [3.63, 3.8) is 0 Å². The van der Waals surface area contributed by atoms with Crippen molar-refractivity contribution in [3.05, 3.63) is 24.1 Å². The Morgan fingerprint density at radius 3 is 2.90 bits per heavy atom. The van der Waals surface area contributed by atoms with Crippen molar-refractivity contribution in [2.75, 3.05) is 11.9 Å². The number of amides is 1. The third-order valence-electron chi connectivity index (χ3n) is 3.06. The molecule has 108 valence electrons. The van der Waals surface area contributed by atoms with E-state index in [1.807, 2.05) is 39.0 Å². The van der Waals surface area contributed by atoms with E-state index in [0.717, 1.165) is 29.8 Å². The molecule has 1 aromatic carbocycles. The third kappa shape index (κ3) is 3.57. The van der Waals surface area contributed by atoms with E-state index in [0.29, 0.717) is 12.3 Å². The smallest absolute Gasteiger partial charge is 0.225 e. The number of benzene rings is 1. The van der Waals surface area contributed by atoms with Gasteiger partial charge in [-0.15, -0.1) is 0 Å². The molecular weight excluding hydrogens is 254 g/mol. The normalized spacial score (nSPS) is 12.6. The Balaban J connectivity index is 2.03. The van der Waals surface area contributed by atoms with Crippen LogP contribution in [0.2, 0.25) is 0 Å². The number of nitrogens with one attached hydrogen (secondary N) is 2. The third-order valence-corrected chi connectivity index (χ3v) is 3.06. The lowest BCUT2D eigenvalue weighted by molar-refractivity contribution is -0.116. The van der Waals surface area contributed by atoms with E-state index >= 15 is 0 Å². The molecule has 5 nitrogen and oxygen atoms in total. The second-order valence-corrected chi connectivity index (χ2v) is 4.85. The van der Waals surface area contributed by atoms with Crippen LogP contribution in [-0.4, -0.2) is 23.5 Å². The zero-order valence-electron chi connectivity index (χ0n) is 12.2. The number of aromatic nitrogens is 1. The van der Waals surface area contributed by atoms with Gasteiger partial charge in [0.2, 0.25) is 5.91 Å². The Morgan fingerprint density at radius 2 is 2.20 bits per heavy atom. The average Bonchev–Trinajstić information content (AvgIpc) is 2.80. The average molecular weight is 275 g/mol. The number of anilines is 1. The predicted octanol–water partition coefficient (Wildman–Crippen LogP) is 2.72. The second kappa shape index (κ2) is 6.52. The maximum Gasteiger partial charge on any atom is 0.225 e. The van der Waals surface area contributed by atoms with E-state index in [1.54, 1.807) is 0 Å². The summed E-state index contributed by atoms with van der Waals surface area (Å²) in [5.41, 5.74) is 2.28. The van der Waals surface area contributed by atoms with E-state index in [9.17, 15) is 4.79 Å². The quantitative estimate of drug-likeness (QED) is 0.850.